The summed E-state index contributed by atoms with van der Waals surface area (Å²) in [7, 11) is 1.75. The molecule has 0 radical (unpaired) electrons. The van der Waals surface area contributed by atoms with Gasteiger partial charge < -0.3 is 20.1 Å². The summed E-state index contributed by atoms with van der Waals surface area (Å²) in [5.74, 6) is -0.305. The minimum Gasteiger partial charge on any atom is -0.462 e. The number of rotatable bonds is 4. The van der Waals surface area contributed by atoms with Gasteiger partial charge in [0.1, 0.15) is 0 Å². The standard InChI is InChI=1S/C15H22N2O3/c1-3-20-15(18)11-4-5-13(16)14(10-11)17-8-6-12(19-2)7-9-17/h4-5,10,12H,3,6-9,16H2,1-2H3. The van der Waals surface area contributed by atoms with E-state index in [0.717, 1.165) is 31.6 Å². The third-order valence-electron chi connectivity index (χ3n) is 3.66. The number of nitrogens with zero attached hydrogens (tertiary/aromatic N) is 1. The molecule has 0 aromatic heterocycles. The Morgan fingerprint density at radius 1 is 1.40 bits per heavy atom. The molecule has 2 rings (SSSR count). The van der Waals surface area contributed by atoms with Gasteiger partial charge in [0.25, 0.3) is 0 Å². The summed E-state index contributed by atoms with van der Waals surface area (Å²) in [6, 6.07) is 5.29. The van der Waals surface area contributed by atoms with E-state index in [4.69, 9.17) is 15.2 Å². The van der Waals surface area contributed by atoms with Gasteiger partial charge in [-0.2, -0.15) is 0 Å². The molecular weight excluding hydrogens is 256 g/mol. The van der Waals surface area contributed by atoms with Crippen LogP contribution >= 0.6 is 0 Å². The molecule has 1 saturated heterocycles. The van der Waals surface area contributed by atoms with Crippen molar-refractivity contribution in [3.63, 3.8) is 0 Å². The maximum atomic E-state index is 11.8. The number of piperidine rings is 1. The van der Waals surface area contributed by atoms with Crippen molar-refractivity contribution in [2.45, 2.75) is 25.9 Å². The van der Waals surface area contributed by atoms with Crippen LogP contribution in [0.3, 0.4) is 0 Å². The third kappa shape index (κ3) is 3.22. The summed E-state index contributed by atoms with van der Waals surface area (Å²) in [6.07, 6.45) is 2.26. The molecule has 0 unspecified atom stereocenters. The number of nitrogens with two attached hydrogens (primary N) is 1. The van der Waals surface area contributed by atoms with Crippen molar-refractivity contribution in [2.75, 3.05) is 37.4 Å². The monoisotopic (exact) mass is 278 g/mol. The fourth-order valence-electron chi connectivity index (χ4n) is 2.49. The van der Waals surface area contributed by atoms with Crippen molar-refractivity contribution in [3.8, 4) is 0 Å². The average Bonchev–Trinajstić information content (AvgIpc) is 2.48. The number of benzene rings is 1. The SMILES string of the molecule is CCOC(=O)c1ccc(N)c(N2CCC(OC)CC2)c1. The van der Waals surface area contributed by atoms with Gasteiger partial charge in [0.2, 0.25) is 0 Å². The predicted molar refractivity (Wildman–Crippen MR) is 79.1 cm³/mol. The quantitative estimate of drug-likeness (QED) is 0.674. The highest BCUT2D eigenvalue weighted by atomic mass is 16.5. The topological polar surface area (TPSA) is 64.8 Å². The largest absolute Gasteiger partial charge is 0.462 e. The predicted octanol–water partition coefficient (Wildman–Crippen LogP) is 2.06. The molecule has 0 atom stereocenters. The van der Waals surface area contributed by atoms with Crippen LogP contribution in [0.15, 0.2) is 18.2 Å². The van der Waals surface area contributed by atoms with Crippen LogP contribution in [0, 0.1) is 0 Å². The maximum Gasteiger partial charge on any atom is 0.338 e. The van der Waals surface area contributed by atoms with Crippen LogP contribution in [0.2, 0.25) is 0 Å². The van der Waals surface area contributed by atoms with E-state index < -0.39 is 0 Å². The van der Waals surface area contributed by atoms with Crippen molar-refractivity contribution in [3.05, 3.63) is 23.8 Å². The first-order valence-corrected chi connectivity index (χ1v) is 7.00. The van der Waals surface area contributed by atoms with E-state index in [2.05, 4.69) is 4.90 Å². The van der Waals surface area contributed by atoms with Crippen LogP contribution in [-0.4, -0.2) is 38.9 Å². The lowest BCUT2D eigenvalue weighted by Crippen LogP contribution is -2.37. The summed E-state index contributed by atoms with van der Waals surface area (Å²) >= 11 is 0. The second-order valence-corrected chi connectivity index (χ2v) is 4.92. The highest BCUT2D eigenvalue weighted by molar-refractivity contribution is 5.92. The number of nitrogen functional groups attached to an aromatic ring is 1. The number of hydrogen-bond acceptors (Lipinski definition) is 5. The molecule has 5 nitrogen and oxygen atoms in total. The minimum atomic E-state index is -0.305. The first-order valence-electron chi connectivity index (χ1n) is 7.00. The zero-order chi connectivity index (χ0) is 14.5. The van der Waals surface area contributed by atoms with E-state index >= 15 is 0 Å². The smallest absolute Gasteiger partial charge is 0.338 e. The van der Waals surface area contributed by atoms with Crippen LogP contribution in [0.1, 0.15) is 30.1 Å². The van der Waals surface area contributed by atoms with Crippen LogP contribution in [0.4, 0.5) is 11.4 Å². The van der Waals surface area contributed by atoms with Crippen molar-refractivity contribution in [1.82, 2.24) is 0 Å². The van der Waals surface area contributed by atoms with Crippen molar-refractivity contribution in [1.29, 1.82) is 0 Å². The maximum absolute atomic E-state index is 11.8. The van der Waals surface area contributed by atoms with Gasteiger partial charge in [-0.05, 0) is 38.0 Å². The van der Waals surface area contributed by atoms with E-state index in [1.54, 1.807) is 26.2 Å². The van der Waals surface area contributed by atoms with Crippen LogP contribution < -0.4 is 10.6 Å². The van der Waals surface area contributed by atoms with E-state index in [1.807, 2.05) is 6.07 Å². The Morgan fingerprint density at radius 2 is 2.10 bits per heavy atom. The molecule has 2 N–H and O–H groups in total. The van der Waals surface area contributed by atoms with Crippen LogP contribution in [0.5, 0.6) is 0 Å². The summed E-state index contributed by atoms with van der Waals surface area (Å²) in [5.41, 5.74) is 8.18. The number of carbonyl (C=O) groups excluding carboxylic acids is 1. The van der Waals surface area contributed by atoms with Gasteiger partial charge in [-0.25, -0.2) is 4.79 Å². The fraction of sp³-hybridized carbons (Fsp3) is 0.533. The van der Waals surface area contributed by atoms with Crippen molar-refractivity contribution < 1.29 is 14.3 Å². The highest BCUT2D eigenvalue weighted by Crippen LogP contribution is 2.28. The lowest BCUT2D eigenvalue weighted by atomic mass is 10.1. The molecule has 0 aliphatic carbocycles. The number of ether oxygens (including phenoxy) is 2. The number of methoxy groups -OCH3 is 1. The number of carbonyl (C=O) groups is 1. The molecule has 1 heterocycles. The first-order chi connectivity index (χ1) is 9.65. The zero-order valence-electron chi connectivity index (χ0n) is 12.1. The van der Waals surface area contributed by atoms with Crippen LogP contribution in [0.25, 0.3) is 0 Å². The molecule has 0 amide bonds. The molecule has 1 fully saturated rings. The molecule has 5 heteroatoms. The van der Waals surface area contributed by atoms with Gasteiger partial charge in [-0.3, -0.25) is 0 Å². The second kappa shape index (κ2) is 6.61. The Morgan fingerprint density at radius 3 is 2.70 bits per heavy atom. The Labute approximate surface area is 119 Å². The minimum absolute atomic E-state index is 0.305. The van der Waals surface area contributed by atoms with Gasteiger partial charge >= 0.3 is 5.97 Å². The van der Waals surface area contributed by atoms with Gasteiger partial charge in [0, 0.05) is 20.2 Å². The van der Waals surface area contributed by atoms with Crippen LogP contribution in [-0.2, 0) is 9.47 Å². The summed E-state index contributed by atoms with van der Waals surface area (Å²) in [5, 5.41) is 0. The normalized spacial score (nSPS) is 16.2. The summed E-state index contributed by atoms with van der Waals surface area (Å²) < 4.78 is 10.4. The Hall–Kier alpha value is -1.75. The Bertz CT molecular complexity index is 468. The molecule has 110 valence electrons. The molecule has 0 bridgehead atoms. The molecule has 1 aliphatic rings. The Kier molecular flexibility index (Phi) is 4.84. The zero-order valence-corrected chi connectivity index (χ0v) is 12.1. The molecule has 20 heavy (non-hydrogen) atoms. The molecule has 0 spiro atoms. The van der Waals surface area contributed by atoms with E-state index in [9.17, 15) is 4.79 Å². The number of anilines is 2. The third-order valence-corrected chi connectivity index (χ3v) is 3.66. The Balaban J connectivity index is 2.15. The number of hydrogen-bond donors (Lipinski definition) is 1. The van der Waals surface area contributed by atoms with Crippen molar-refractivity contribution >= 4 is 17.3 Å². The highest BCUT2D eigenvalue weighted by Gasteiger charge is 2.21. The van der Waals surface area contributed by atoms with E-state index in [1.165, 1.54) is 0 Å². The van der Waals surface area contributed by atoms with Crippen molar-refractivity contribution in [2.24, 2.45) is 0 Å². The number of esters is 1. The molecule has 1 aliphatic heterocycles. The molecule has 1 aromatic carbocycles. The van der Waals surface area contributed by atoms with Gasteiger partial charge in [-0.1, -0.05) is 0 Å². The summed E-state index contributed by atoms with van der Waals surface area (Å²) in [6.45, 7) is 3.94. The lowest BCUT2D eigenvalue weighted by Gasteiger charge is -2.33. The van der Waals surface area contributed by atoms with E-state index in [-0.39, 0.29) is 5.97 Å². The lowest BCUT2D eigenvalue weighted by molar-refractivity contribution is 0.0526. The second-order valence-electron chi connectivity index (χ2n) is 4.92. The van der Waals surface area contributed by atoms with Gasteiger partial charge in [0.05, 0.1) is 29.6 Å². The fourth-order valence-corrected chi connectivity index (χ4v) is 2.49. The average molecular weight is 278 g/mol. The van der Waals surface area contributed by atoms with Gasteiger partial charge in [0.15, 0.2) is 0 Å². The molecule has 1 aromatic rings. The van der Waals surface area contributed by atoms with Gasteiger partial charge in [-0.15, -0.1) is 0 Å². The molecule has 0 saturated carbocycles. The summed E-state index contributed by atoms with van der Waals surface area (Å²) in [4.78, 5) is 14.0. The molecular formula is C15H22N2O3. The van der Waals surface area contributed by atoms with E-state index in [0.29, 0.717) is 24.0 Å². The first kappa shape index (κ1) is 14.7.